The van der Waals surface area contributed by atoms with Gasteiger partial charge in [0, 0.05) is 44.5 Å². The molecular weight excluding hydrogens is 645 g/mol. The van der Waals surface area contributed by atoms with Gasteiger partial charge in [0.05, 0.1) is 6.61 Å². The number of nitrogens with one attached hydrogen (secondary N) is 2. The van der Waals surface area contributed by atoms with Gasteiger partial charge in [0.1, 0.15) is 23.7 Å². The lowest BCUT2D eigenvalue weighted by molar-refractivity contribution is -0.140. The van der Waals surface area contributed by atoms with Gasteiger partial charge in [0.2, 0.25) is 17.7 Å². The molecule has 0 saturated heterocycles. The number of amides is 4. The Labute approximate surface area is 288 Å². The zero-order chi connectivity index (χ0) is 36.2. The van der Waals surface area contributed by atoms with Gasteiger partial charge in [-0.3, -0.25) is 19.2 Å². The Morgan fingerprint density at radius 3 is 2.32 bits per heavy atom. The maximum atomic E-state index is 14.4. The largest absolute Gasteiger partial charge is 0.463 e. The second kappa shape index (κ2) is 17.5. The minimum Gasteiger partial charge on any atom is -0.463 e. The van der Waals surface area contributed by atoms with Gasteiger partial charge in [0.15, 0.2) is 5.69 Å². The van der Waals surface area contributed by atoms with Crippen LogP contribution in [0, 0.1) is 12.7 Å². The molecule has 3 atom stereocenters. The molecule has 13 heteroatoms. The fourth-order valence-electron chi connectivity index (χ4n) is 5.33. The summed E-state index contributed by atoms with van der Waals surface area (Å²) < 4.78 is 23.8. The van der Waals surface area contributed by atoms with E-state index < -0.39 is 53.5 Å². The molecule has 0 radical (unpaired) electrons. The summed E-state index contributed by atoms with van der Waals surface area (Å²) in [4.78, 5) is 66.5. The molecule has 4 rings (SSSR count). The van der Waals surface area contributed by atoms with Gasteiger partial charge < -0.3 is 30.5 Å². The van der Waals surface area contributed by atoms with E-state index in [1.807, 2.05) is 42.5 Å². The molecule has 0 spiro atoms. The number of halogens is 1. The minimum atomic E-state index is -1.18. The van der Waals surface area contributed by atoms with Crippen molar-refractivity contribution >= 4 is 40.4 Å². The molecule has 4 amide bonds. The van der Waals surface area contributed by atoms with Crippen LogP contribution in [0.4, 0.5) is 4.39 Å². The molecule has 0 aliphatic heterocycles. The maximum absolute atomic E-state index is 14.4. The number of benzene rings is 3. The number of esters is 1. The third kappa shape index (κ3) is 10.6. The highest BCUT2D eigenvalue weighted by Crippen LogP contribution is 2.19. The fourth-order valence-corrected chi connectivity index (χ4v) is 5.33. The minimum absolute atomic E-state index is 0.0206. The van der Waals surface area contributed by atoms with E-state index in [-0.39, 0.29) is 38.0 Å². The second-order valence-corrected chi connectivity index (χ2v) is 11.8. The first-order chi connectivity index (χ1) is 23.9. The second-order valence-electron chi connectivity index (χ2n) is 11.8. The number of hydrogen-bond donors (Lipinski definition) is 3. The van der Waals surface area contributed by atoms with E-state index in [2.05, 4.69) is 15.8 Å². The molecule has 0 aliphatic carbocycles. The number of hydrogen-bond acceptors (Lipinski definition) is 8. The molecule has 4 N–H and O–H groups in total. The molecule has 3 aromatic carbocycles. The summed E-state index contributed by atoms with van der Waals surface area (Å²) in [5.41, 5.74) is 6.63. The van der Waals surface area contributed by atoms with E-state index in [1.165, 1.54) is 48.4 Å². The molecule has 0 aliphatic rings. The Morgan fingerprint density at radius 1 is 0.960 bits per heavy atom. The molecule has 0 bridgehead atoms. The van der Waals surface area contributed by atoms with E-state index in [9.17, 15) is 28.4 Å². The van der Waals surface area contributed by atoms with Gasteiger partial charge >= 0.3 is 5.97 Å². The van der Waals surface area contributed by atoms with Crippen molar-refractivity contribution < 1.29 is 37.6 Å². The highest BCUT2D eigenvalue weighted by molar-refractivity contribution is 5.97. The molecule has 0 unspecified atom stereocenters. The van der Waals surface area contributed by atoms with Crippen LogP contribution in [0.3, 0.4) is 0 Å². The lowest BCUT2D eigenvalue weighted by atomic mass is 9.98. The van der Waals surface area contributed by atoms with E-state index in [0.29, 0.717) is 11.3 Å². The predicted molar refractivity (Wildman–Crippen MR) is 183 cm³/mol. The molecule has 4 aromatic rings. The van der Waals surface area contributed by atoms with E-state index in [4.69, 9.17) is 15.0 Å². The summed E-state index contributed by atoms with van der Waals surface area (Å²) in [6, 6.07) is 17.2. The normalized spacial score (nSPS) is 13.0. The first-order valence-electron chi connectivity index (χ1n) is 16.1. The molecule has 1 heterocycles. The molecule has 50 heavy (non-hydrogen) atoms. The van der Waals surface area contributed by atoms with Gasteiger partial charge in [0.25, 0.3) is 5.91 Å². The SMILES string of the molecule is CCOC(=O)C=C[C@H](CCC(N)=O)NC(=O)[C@H](Cc1ccc(F)cc1)N(C)C(=O)[C@H](Cc1ccc2ccccc2c1)NC(=O)c1cc(C)on1. The van der Waals surface area contributed by atoms with Crippen LogP contribution in [0.15, 0.2) is 89.5 Å². The van der Waals surface area contributed by atoms with E-state index in [0.717, 1.165) is 22.4 Å². The summed E-state index contributed by atoms with van der Waals surface area (Å²) in [5.74, 6) is -3.20. The summed E-state index contributed by atoms with van der Waals surface area (Å²) in [5, 5.41) is 11.3. The van der Waals surface area contributed by atoms with Gasteiger partial charge in [-0.1, -0.05) is 65.8 Å². The molecular formula is C37H40FN5O7. The summed E-state index contributed by atoms with van der Waals surface area (Å²) in [6.45, 7) is 3.42. The number of carbonyl (C=O) groups is 5. The number of primary amides is 1. The van der Waals surface area contributed by atoms with Crippen molar-refractivity contribution in [3.63, 3.8) is 0 Å². The van der Waals surface area contributed by atoms with Crippen LogP contribution in [-0.2, 0) is 36.8 Å². The van der Waals surface area contributed by atoms with Crippen LogP contribution in [-0.4, -0.2) is 71.4 Å². The predicted octanol–water partition coefficient (Wildman–Crippen LogP) is 3.56. The Morgan fingerprint density at radius 2 is 1.66 bits per heavy atom. The van der Waals surface area contributed by atoms with Crippen molar-refractivity contribution in [3.05, 3.63) is 113 Å². The van der Waals surface area contributed by atoms with Gasteiger partial charge in [-0.05, 0) is 54.3 Å². The lowest BCUT2D eigenvalue weighted by Gasteiger charge is -2.32. The van der Waals surface area contributed by atoms with Crippen LogP contribution >= 0.6 is 0 Å². The zero-order valence-electron chi connectivity index (χ0n) is 28.1. The summed E-state index contributed by atoms with van der Waals surface area (Å²) >= 11 is 0. The third-order valence-corrected chi connectivity index (χ3v) is 7.96. The standard InChI is InChI=1S/C37H40FN5O7/c1-4-49-34(45)18-16-29(15-17-33(39)44)40-36(47)32(22-24-10-13-28(38)14-11-24)43(3)37(48)31(41-35(46)30-19-23(2)50-42-30)21-25-9-12-26-7-5-6-8-27(26)20-25/h5-14,16,18-20,29,31-32H,4,15,17,21-22H2,1-3H3,(H2,39,44)(H,40,47)(H,41,46)/t29-,31-,32-/m0/s1. The number of likely N-dealkylation sites (N-methyl/N-ethyl adjacent to an activating group) is 1. The number of aryl methyl sites for hydroxylation is 1. The van der Waals surface area contributed by atoms with Crippen molar-refractivity contribution in [2.75, 3.05) is 13.7 Å². The topological polar surface area (TPSA) is 174 Å². The Bertz CT molecular complexity index is 1860. The quantitative estimate of drug-likeness (QED) is 0.119. The first kappa shape index (κ1) is 37.0. The van der Waals surface area contributed by atoms with Crippen LogP contribution in [0.25, 0.3) is 10.8 Å². The average molecular weight is 686 g/mol. The van der Waals surface area contributed by atoms with E-state index in [1.54, 1.807) is 13.8 Å². The highest BCUT2D eigenvalue weighted by atomic mass is 19.1. The number of rotatable bonds is 16. The lowest BCUT2D eigenvalue weighted by Crippen LogP contribution is -2.56. The highest BCUT2D eigenvalue weighted by Gasteiger charge is 2.34. The van der Waals surface area contributed by atoms with Crippen LogP contribution in [0.2, 0.25) is 0 Å². The Balaban J connectivity index is 1.66. The number of nitrogens with zero attached hydrogens (tertiary/aromatic N) is 2. The monoisotopic (exact) mass is 685 g/mol. The Kier molecular flexibility index (Phi) is 13.0. The van der Waals surface area contributed by atoms with Crippen molar-refractivity contribution in [2.24, 2.45) is 5.73 Å². The number of fused-ring (bicyclic) bond motifs is 1. The molecule has 262 valence electrons. The average Bonchev–Trinajstić information content (AvgIpc) is 3.54. The number of ether oxygens (including phenoxy) is 1. The number of nitrogens with two attached hydrogens (primary N) is 1. The molecule has 1 aromatic heterocycles. The zero-order valence-corrected chi connectivity index (χ0v) is 28.1. The van der Waals surface area contributed by atoms with Gasteiger partial charge in [-0.2, -0.15) is 0 Å². The molecule has 0 saturated carbocycles. The van der Waals surface area contributed by atoms with Crippen molar-refractivity contribution in [2.45, 2.75) is 57.7 Å². The summed E-state index contributed by atoms with van der Waals surface area (Å²) in [7, 11) is 1.43. The maximum Gasteiger partial charge on any atom is 0.330 e. The van der Waals surface area contributed by atoms with Gasteiger partial charge in [-0.15, -0.1) is 0 Å². The summed E-state index contributed by atoms with van der Waals surface area (Å²) in [6.07, 6.45) is 2.54. The van der Waals surface area contributed by atoms with Crippen LogP contribution in [0.1, 0.15) is 47.1 Å². The van der Waals surface area contributed by atoms with Crippen molar-refractivity contribution in [1.82, 2.24) is 20.7 Å². The molecule has 0 fully saturated rings. The Hall–Kier alpha value is -5.85. The van der Waals surface area contributed by atoms with Crippen molar-refractivity contribution in [1.29, 1.82) is 0 Å². The number of carbonyl (C=O) groups excluding carboxylic acids is 5. The third-order valence-electron chi connectivity index (χ3n) is 7.96. The van der Waals surface area contributed by atoms with E-state index >= 15 is 0 Å². The van der Waals surface area contributed by atoms with Gasteiger partial charge in [-0.25, -0.2) is 9.18 Å². The van der Waals surface area contributed by atoms with Crippen LogP contribution in [0.5, 0.6) is 0 Å². The van der Waals surface area contributed by atoms with Crippen LogP contribution < -0.4 is 16.4 Å². The molecule has 12 nitrogen and oxygen atoms in total. The van der Waals surface area contributed by atoms with Crippen molar-refractivity contribution in [3.8, 4) is 0 Å². The first-order valence-corrected chi connectivity index (χ1v) is 16.1. The fraction of sp³-hybridized carbons (Fsp3) is 0.297. The smallest absolute Gasteiger partial charge is 0.330 e. The number of aromatic nitrogens is 1.